The standard InChI is InChI=1S/C24H30N4O3S.BrH/c1-24(2,3)18-12-16(9-11-20(18)27(4)32(5,30)31)21(29)14-28-13-17-8-10-19(15-6-7-15)26-22(17)23(28)25;/h8-12,15,25H,6-7,13-14H2,1-5H3;1H. The van der Waals surface area contributed by atoms with Gasteiger partial charge in [0.2, 0.25) is 10.0 Å². The van der Waals surface area contributed by atoms with Crippen molar-refractivity contribution in [2.75, 3.05) is 24.2 Å². The zero-order chi connectivity index (χ0) is 23.4. The fraction of sp³-hybridized carbons (Fsp3) is 0.458. The first-order valence-electron chi connectivity index (χ1n) is 10.8. The molecule has 0 saturated heterocycles. The summed E-state index contributed by atoms with van der Waals surface area (Å²) in [5, 5.41) is 8.54. The fourth-order valence-electron chi connectivity index (χ4n) is 4.04. The summed E-state index contributed by atoms with van der Waals surface area (Å²) in [5.41, 5.74) is 4.21. The van der Waals surface area contributed by atoms with Crippen LogP contribution in [0.5, 0.6) is 0 Å². The van der Waals surface area contributed by atoms with Crippen molar-refractivity contribution in [2.45, 2.75) is 51.5 Å². The van der Waals surface area contributed by atoms with Crippen molar-refractivity contribution < 1.29 is 13.2 Å². The third-order valence-corrected chi connectivity index (χ3v) is 7.39. The fourth-order valence-corrected chi connectivity index (χ4v) is 4.56. The lowest BCUT2D eigenvalue weighted by molar-refractivity contribution is 0.0962. The van der Waals surface area contributed by atoms with E-state index in [0.29, 0.717) is 35.2 Å². The molecule has 0 spiro atoms. The summed E-state index contributed by atoms with van der Waals surface area (Å²) < 4.78 is 25.4. The zero-order valence-corrected chi connectivity index (χ0v) is 22.2. The zero-order valence-electron chi connectivity index (χ0n) is 19.7. The second-order valence-electron chi connectivity index (χ2n) is 9.86. The smallest absolute Gasteiger partial charge is 0.232 e. The Balaban J connectivity index is 0.00000306. The number of nitrogens with one attached hydrogen (secondary N) is 1. The molecule has 2 heterocycles. The van der Waals surface area contributed by atoms with Crippen molar-refractivity contribution in [3.8, 4) is 0 Å². The summed E-state index contributed by atoms with van der Waals surface area (Å²) in [6.45, 7) is 6.56. The number of hydrogen-bond acceptors (Lipinski definition) is 5. The molecule has 0 radical (unpaired) electrons. The van der Waals surface area contributed by atoms with Gasteiger partial charge in [0, 0.05) is 36.3 Å². The van der Waals surface area contributed by atoms with E-state index in [1.165, 1.54) is 11.4 Å². The Bertz CT molecular complexity index is 1220. The summed E-state index contributed by atoms with van der Waals surface area (Å²) in [7, 11) is -1.91. The summed E-state index contributed by atoms with van der Waals surface area (Å²) in [4.78, 5) is 19.6. The quantitative estimate of drug-likeness (QED) is 0.558. The molecular weight excluding hydrogens is 504 g/mol. The second-order valence-corrected chi connectivity index (χ2v) is 11.9. The monoisotopic (exact) mass is 534 g/mol. The highest BCUT2D eigenvalue weighted by atomic mass is 79.9. The van der Waals surface area contributed by atoms with Crippen LogP contribution < -0.4 is 4.31 Å². The van der Waals surface area contributed by atoms with Gasteiger partial charge in [-0.3, -0.25) is 14.5 Å². The Hall–Kier alpha value is -2.26. The highest BCUT2D eigenvalue weighted by molar-refractivity contribution is 8.93. The van der Waals surface area contributed by atoms with Gasteiger partial charge >= 0.3 is 0 Å². The van der Waals surface area contributed by atoms with Gasteiger partial charge in [-0.2, -0.15) is 0 Å². The van der Waals surface area contributed by atoms with Crippen molar-refractivity contribution in [3.63, 3.8) is 0 Å². The minimum atomic E-state index is -3.43. The lowest BCUT2D eigenvalue weighted by Crippen LogP contribution is -2.31. The number of halogens is 1. The number of carbonyl (C=O) groups is 1. The number of fused-ring (bicyclic) bond motifs is 1. The number of aromatic nitrogens is 1. The van der Waals surface area contributed by atoms with Crippen LogP contribution in [0.4, 0.5) is 5.69 Å². The lowest BCUT2D eigenvalue weighted by Gasteiger charge is -2.28. The maximum Gasteiger partial charge on any atom is 0.232 e. The van der Waals surface area contributed by atoms with Crippen LogP contribution >= 0.6 is 17.0 Å². The molecule has 1 saturated carbocycles. The number of amidine groups is 1. The van der Waals surface area contributed by atoms with E-state index in [0.717, 1.165) is 35.9 Å². The summed E-state index contributed by atoms with van der Waals surface area (Å²) in [6, 6.07) is 9.23. The van der Waals surface area contributed by atoms with Crippen LogP contribution in [0.3, 0.4) is 0 Å². The molecule has 0 bridgehead atoms. The van der Waals surface area contributed by atoms with Gasteiger partial charge in [-0.1, -0.05) is 26.8 Å². The molecule has 2 aliphatic rings. The third kappa shape index (κ3) is 5.14. The molecule has 1 N–H and O–H groups in total. The van der Waals surface area contributed by atoms with E-state index >= 15 is 0 Å². The Morgan fingerprint density at radius 3 is 2.45 bits per heavy atom. The molecule has 178 valence electrons. The molecule has 1 aliphatic carbocycles. The highest BCUT2D eigenvalue weighted by Gasteiger charge is 2.32. The molecule has 0 unspecified atom stereocenters. The molecule has 1 aromatic heterocycles. The number of nitrogens with zero attached hydrogens (tertiary/aromatic N) is 3. The van der Waals surface area contributed by atoms with E-state index in [-0.39, 0.29) is 34.7 Å². The van der Waals surface area contributed by atoms with E-state index in [9.17, 15) is 13.2 Å². The third-order valence-electron chi connectivity index (χ3n) is 6.20. The van der Waals surface area contributed by atoms with Crippen LogP contribution in [0.2, 0.25) is 0 Å². The minimum Gasteiger partial charge on any atom is -0.343 e. The number of Topliss-reactive ketones (excluding diaryl/α,β-unsaturated/α-hetero) is 1. The Kier molecular flexibility index (Phi) is 6.79. The molecule has 1 aromatic carbocycles. The molecule has 4 rings (SSSR count). The van der Waals surface area contributed by atoms with Crippen molar-refractivity contribution in [2.24, 2.45) is 0 Å². The second kappa shape index (κ2) is 8.83. The Morgan fingerprint density at radius 2 is 1.88 bits per heavy atom. The van der Waals surface area contributed by atoms with Gasteiger partial charge in [0.25, 0.3) is 0 Å². The van der Waals surface area contributed by atoms with Gasteiger partial charge in [-0.05, 0) is 48.1 Å². The number of anilines is 1. The summed E-state index contributed by atoms with van der Waals surface area (Å²) in [6.07, 6.45) is 3.47. The average Bonchev–Trinajstić information content (AvgIpc) is 3.51. The van der Waals surface area contributed by atoms with Gasteiger partial charge in [-0.25, -0.2) is 13.4 Å². The molecule has 33 heavy (non-hydrogen) atoms. The van der Waals surface area contributed by atoms with Crippen LogP contribution in [0.25, 0.3) is 0 Å². The molecule has 0 atom stereocenters. The summed E-state index contributed by atoms with van der Waals surface area (Å²) in [5.74, 6) is 0.701. The molecule has 1 fully saturated rings. The number of carbonyl (C=O) groups excluding carboxylic acids is 1. The largest absolute Gasteiger partial charge is 0.343 e. The maximum atomic E-state index is 13.1. The van der Waals surface area contributed by atoms with E-state index in [1.807, 2.05) is 32.9 Å². The number of sulfonamides is 1. The topological polar surface area (TPSA) is 94.4 Å². The van der Waals surface area contributed by atoms with Gasteiger partial charge in [0.15, 0.2) is 5.78 Å². The first-order valence-corrected chi connectivity index (χ1v) is 12.7. The predicted octanol–water partition coefficient (Wildman–Crippen LogP) is 4.25. The van der Waals surface area contributed by atoms with Gasteiger partial charge < -0.3 is 4.90 Å². The molecule has 0 amide bonds. The normalized spacial score (nSPS) is 15.8. The van der Waals surface area contributed by atoms with Crippen molar-refractivity contribution in [3.05, 3.63) is 58.4 Å². The number of hydrogen-bond donors (Lipinski definition) is 1. The van der Waals surface area contributed by atoms with Crippen molar-refractivity contribution >= 4 is 44.3 Å². The molecule has 7 nitrogen and oxygen atoms in total. The van der Waals surface area contributed by atoms with Gasteiger partial charge in [0.05, 0.1) is 18.5 Å². The van der Waals surface area contributed by atoms with Crippen molar-refractivity contribution in [1.29, 1.82) is 5.41 Å². The molecule has 9 heteroatoms. The first kappa shape index (κ1) is 25.4. The lowest BCUT2D eigenvalue weighted by atomic mass is 9.84. The SMILES string of the molecule is Br.CN(c1ccc(C(=O)CN2Cc3ccc(C4CC4)nc3C2=N)cc1C(C)(C)C)S(C)(=O)=O. The highest BCUT2D eigenvalue weighted by Crippen LogP contribution is 2.40. The van der Waals surface area contributed by atoms with Crippen LogP contribution in [0.1, 0.15) is 72.4 Å². The predicted molar refractivity (Wildman–Crippen MR) is 136 cm³/mol. The molecular formula is C24H31BrN4O3S. The van der Waals surface area contributed by atoms with E-state index in [4.69, 9.17) is 5.41 Å². The first-order chi connectivity index (χ1) is 14.9. The van der Waals surface area contributed by atoms with Gasteiger partial charge in [0.1, 0.15) is 11.5 Å². The van der Waals surface area contributed by atoms with E-state index in [1.54, 1.807) is 23.1 Å². The van der Waals surface area contributed by atoms with E-state index in [2.05, 4.69) is 4.98 Å². The Labute approximate surface area is 206 Å². The minimum absolute atomic E-state index is 0. The number of benzene rings is 1. The molecule has 2 aromatic rings. The van der Waals surface area contributed by atoms with Crippen molar-refractivity contribution in [1.82, 2.24) is 9.88 Å². The van der Waals surface area contributed by atoms with Gasteiger partial charge in [-0.15, -0.1) is 17.0 Å². The van der Waals surface area contributed by atoms with Crippen LogP contribution in [-0.4, -0.2) is 49.8 Å². The van der Waals surface area contributed by atoms with Crippen LogP contribution in [-0.2, 0) is 22.0 Å². The number of ketones is 1. The summed E-state index contributed by atoms with van der Waals surface area (Å²) >= 11 is 0. The number of rotatable bonds is 6. The average molecular weight is 536 g/mol. The number of pyridine rings is 1. The van der Waals surface area contributed by atoms with Crippen LogP contribution in [0, 0.1) is 5.41 Å². The van der Waals surface area contributed by atoms with E-state index < -0.39 is 10.0 Å². The molecule has 1 aliphatic heterocycles. The van der Waals surface area contributed by atoms with Crippen LogP contribution in [0.15, 0.2) is 30.3 Å². The maximum absolute atomic E-state index is 13.1. The Morgan fingerprint density at radius 1 is 1.21 bits per heavy atom.